The van der Waals surface area contributed by atoms with Crippen molar-refractivity contribution in [3.8, 4) is 0 Å². The molecule has 2 aromatic carbocycles. The lowest BCUT2D eigenvalue weighted by Gasteiger charge is -2.23. The van der Waals surface area contributed by atoms with E-state index in [9.17, 15) is 9.18 Å². The third-order valence-corrected chi connectivity index (χ3v) is 3.92. The average molecular weight is 305 g/mol. The summed E-state index contributed by atoms with van der Waals surface area (Å²) in [6, 6.07) is 12.0. The lowest BCUT2D eigenvalue weighted by Crippen LogP contribution is -2.35. The number of hydrogen-bond acceptors (Lipinski definition) is 2. The fourth-order valence-corrected chi connectivity index (χ4v) is 2.69. The second-order valence-electron chi connectivity index (χ2n) is 4.86. The Morgan fingerprint density at radius 1 is 1.19 bits per heavy atom. The number of benzene rings is 2. The third kappa shape index (κ3) is 2.64. The first-order valence-corrected chi connectivity index (χ1v) is 7.11. The standard InChI is InChI=1S/C16H14ClFN2O/c17-15-12(5-3-6-13(15)18)16(21)20-9-8-19-10-11-4-1-2-7-14(11)20/h1-7,19H,8-10H2. The Labute approximate surface area is 127 Å². The molecule has 1 amide bonds. The predicted octanol–water partition coefficient (Wildman–Crippen LogP) is 3.23. The second-order valence-corrected chi connectivity index (χ2v) is 5.24. The number of carbonyl (C=O) groups excluding carboxylic acids is 1. The summed E-state index contributed by atoms with van der Waals surface area (Å²) in [4.78, 5) is 14.4. The van der Waals surface area contributed by atoms with Crippen molar-refractivity contribution in [1.29, 1.82) is 0 Å². The van der Waals surface area contributed by atoms with Gasteiger partial charge in [-0.05, 0) is 23.8 Å². The summed E-state index contributed by atoms with van der Waals surface area (Å²) in [7, 11) is 0. The Hall–Kier alpha value is -1.91. The van der Waals surface area contributed by atoms with Crippen LogP contribution in [0.25, 0.3) is 0 Å². The highest BCUT2D eigenvalue weighted by atomic mass is 35.5. The zero-order valence-corrected chi connectivity index (χ0v) is 12.0. The monoisotopic (exact) mass is 304 g/mol. The maximum absolute atomic E-state index is 13.6. The maximum atomic E-state index is 13.6. The number of hydrogen-bond donors (Lipinski definition) is 1. The van der Waals surface area contributed by atoms with E-state index in [1.54, 1.807) is 11.0 Å². The molecule has 0 saturated heterocycles. The van der Waals surface area contributed by atoms with E-state index in [-0.39, 0.29) is 16.5 Å². The van der Waals surface area contributed by atoms with Crippen LogP contribution >= 0.6 is 11.6 Å². The van der Waals surface area contributed by atoms with Gasteiger partial charge in [0.25, 0.3) is 5.91 Å². The Morgan fingerprint density at radius 2 is 2.00 bits per heavy atom. The smallest absolute Gasteiger partial charge is 0.259 e. The molecule has 5 heteroatoms. The molecule has 1 aliphatic rings. The number of rotatable bonds is 1. The molecule has 1 N–H and O–H groups in total. The van der Waals surface area contributed by atoms with Gasteiger partial charge in [0.15, 0.2) is 0 Å². The summed E-state index contributed by atoms with van der Waals surface area (Å²) in [5, 5.41) is 3.14. The average Bonchev–Trinajstić information content (AvgIpc) is 2.72. The van der Waals surface area contributed by atoms with E-state index in [0.717, 1.165) is 11.3 Å². The molecule has 0 radical (unpaired) electrons. The van der Waals surface area contributed by atoms with Crippen LogP contribution in [0.4, 0.5) is 10.1 Å². The second kappa shape index (κ2) is 5.84. The van der Waals surface area contributed by atoms with Crippen molar-refractivity contribution in [3.63, 3.8) is 0 Å². The van der Waals surface area contributed by atoms with Crippen LogP contribution < -0.4 is 10.2 Å². The SMILES string of the molecule is O=C(c1cccc(F)c1Cl)N1CCNCc2ccccc21. The Morgan fingerprint density at radius 3 is 2.86 bits per heavy atom. The van der Waals surface area contributed by atoms with Crippen molar-refractivity contribution in [3.05, 3.63) is 64.4 Å². The summed E-state index contributed by atoms with van der Waals surface area (Å²) >= 11 is 5.94. The molecule has 0 unspecified atom stereocenters. The topological polar surface area (TPSA) is 32.3 Å². The minimum absolute atomic E-state index is 0.128. The number of nitrogens with one attached hydrogen (secondary N) is 1. The van der Waals surface area contributed by atoms with Gasteiger partial charge in [-0.15, -0.1) is 0 Å². The zero-order chi connectivity index (χ0) is 14.8. The summed E-state index contributed by atoms with van der Waals surface area (Å²) in [6.45, 7) is 1.90. The number of halogens is 2. The fraction of sp³-hybridized carbons (Fsp3) is 0.188. The minimum Gasteiger partial charge on any atom is -0.311 e. The van der Waals surface area contributed by atoms with Crippen LogP contribution in [0, 0.1) is 5.82 Å². The van der Waals surface area contributed by atoms with E-state index < -0.39 is 5.82 Å². The first-order chi connectivity index (χ1) is 10.2. The molecule has 2 aromatic rings. The first-order valence-electron chi connectivity index (χ1n) is 6.73. The molecule has 21 heavy (non-hydrogen) atoms. The molecule has 0 atom stereocenters. The molecule has 0 aromatic heterocycles. The molecule has 0 aliphatic carbocycles. The van der Waals surface area contributed by atoms with Gasteiger partial charge in [-0.1, -0.05) is 35.9 Å². The molecule has 0 saturated carbocycles. The summed E-state index contributed by atoms with van der Waals surface area (Å²) < 4.78 is 13.6. The van der Waals surface area contributed by atoms with Crippen molar-refractivity contribution in [2.45, 2.75) is 6.54 Å². The number of amides is 1. The van der Waals surface area contributed by atoms with E-state index >= 15 is 0 Å². The van der Waals surface area contributed by atoms with Crippen LogP contribution in [-0.4, -0.2) is 19.0 Å². The quantitative estimate of drug-likeness (QED) is 0.877. The maximum Gasteiger partial charge on any atom is 0.259 e. The van der Waals surface area contributed by atoms with Crippen molar-refractivity contribution < 1.29 is 9.18 Å². The zero-order valence-electron chi connectivity index (χ0n) is 11.3. The van der Waals surface area contributed by atoms with Crippen molar-refractivity contribution in [1.82, 2.24) is 5.32 Å². The van der Waals surface area contributed by atoms with Crippen LogP contribution in [0.3, 0.4) is 0 Å². The van der Waals surface area contributed by atoms with Gasteiger partial charge in [0.05, 0.1) is 10.6 Å². The predicted molar refractivity (Wildman–Crippen MR) is 81.2 cm³/mol. The normalized spacial score (nSPS) is 14.5. The van der Waals surface area contributed by atoms with Crippen molar-refractivity contribution in [2.75, 3.05) is 18.0 Å². The molecule has 1 heterocycles. The van der Waals surface area contributed by atoms with E-state index in [4.69, 9.17) is 11.6 Å². The first kappa shape index (κ1) is 14.0. The molecular weight excluding hydrogens is 291 g/mol. The van der Waals surface area contributed by atoms with Gasteiger partial charge in [0.1, 0.15) is 5.82 Å². The molecule has 0 spiro atoms. The van der Waals surface area contributed by atoms with Gasteiger partial charge >= 0.3 is 0 Å². The summed E-state index contributed by atoms with van der Waals surface area (Å²) in [6.07, 6.45) is 0. The molecule has 3 nitrogen and oxygen atoms in total. The number of carbonyl (C=O) groups is 1. The highest BCUT2D eigenvalue weighted by Gasteiger charge is 2.24. The van der Waals surface area contributed by atoms with Crippen molar-refractivity contribution in [2.24, 2.45) is 0 Å². The summed E-state index contributed by atoms with van der Waals surface area (Å²) in [5.41, 5.74) is 2.07. The van der Waals surface area contributed by atoms with Gasteiger partial charge in [-0.3, -0.25) is 4.79 Å². The van der Waals surface area contributed by atoms with Gasteiger partial charge < -0.3 is 10.2 Å². The Bertz CT molecular complexity index is 690. The highest BCUT2D eigenvalue weighted by molar-refractivity contribution is 6.34. The van der Waals surface area contributed by atoms with Crippen molar-refractivity contribution >= 4 is 23.2 Å². The molecule has 0 bridgehead atoms. The van der Waals surface area contributed by atoms with Crippen LogP contribution in [0.2, 0.25) is 5.02 Å². The molecule has 108 valence electrons. The summed E-state index contributed by atoms with van der Waals surface area (Å²) in [5.74, 6) is -0.862. The van der Waals surface area contributed by atoms with E-state index in [0.29, 0.717) is 19.6 Å². The Kier molecular flexibility index (Phi) is 3.90. The lowest BCUT2D eigenvalue weighted by atomic mass is 10.1. The lowest BCUT2D eigenvalue weighted by molar-refractivity contribution is 0.0987. The van der Waals surface area contributed by atoms with Gasteiger partial charge in [0, 0.05) is 25.3 Å². The number of nitrogens with zero attached hydrogens (tertiary/aromatic N) is 1. The fourth-order valence-electron chi connectivity index (χ4n) is 2.48. The van der Waals surface area contributed by atoms with E-state index in [1.165, 1.54) is 12.1 Å². The number of para-hydroxylation sites is 1. The van der Waals surface area contributed by atoms with E-state index in [2.05, 4.69) is 5.32 Å². The van der Waals surface area contributed by atoms with Gasteiger partial charge in [-0.25, -0.2) is 4.39 Å². The number of anilines is 1. The molecular formula is C16H14ClFN2O. The molecule has 1 aliphatic heterocycles. The minimum atomic E-state index is -0.580. The van der Waals surface area contributed by atoms with Gasteiger partial charge in [0.2, 0.25) is 0 Å². The van der Waals surface area contributed by atoms with Crippen LogP contribution in [0.15, 0.2) is 42.5 Å². The van der Waals surface area contributed by atoms with Crippen LogP contribution in [0.1, 0.15) is 15.9 Å². The largest absolute Gasteiger partial charge is 0.311 e. The third-order valence-electron chi connectivity index (χ3n) is 3.54. The van der Waals surface area contributed by atoms with E-state index in [1.807, 2.05) is 24.3 Å². The number of fused-ring (bicyclic) bond motifs is 1. The van der Waals surface area contributed by atoms with Crippen LogP contribution in [-0.2, 0) is 6.54 Å². The van der Waals surface area contributed by atoms with Gasteiger partial charge in [-0.2, -0.15) is 0 Å². The Balaban J connectivity index is 2.03. The molecule has 3 rings (SSSR count). The van der Waals surface area contributed by atoms with Crippen LogP contribution in [0.5, 0.6) is 0 Å². The highest BCUT2D eigenvalue weighted by Crippen LogP contribution is 2.27. The molecule has 0 fully saturated rings.